The molecule has 136 valence electrons. The SMILES string of the molecule is Cc1ccc(NC(=O)CN2C3CC2CN(c2ccnc(C)n2)C3)c(C)c1. The highest BCUT2D eigenvalue weighted by molar-refractivity contribution is 5.93. The van der Waals surface area contributed by atoms with Crippen LogP contribution in [0.2, 0.25) is 0 Å². The third-order valence-corrected chi connectivity index (χ3v) is 5.41. The Morgan fingerprint density at radius 3 is 2.65 bits per heavy atom. The average Bonchev–Trinajstić information content (AvgIpc) is 2.62. The minimum absolute atomic E-state index is 0.0676. The number of nitrogens with zero attached hydrogens (tertiary/aromatic N) is 4. The van der Waals surface area contributed by atoms with Crippen molar-refractivity contribution >= 4 is 17.4 Å². The van der Waals surface area contributed by atoms with Crippen molar-refractivity contribution in [3.63, 3.8) is 0 Å². The molecule has 3 saturated heterocycles. The third kappa shape index (κ3) is 3.29. The Balaban J connectivity index is 1.35. The topological polar surface area (TPSA) is 61.4 Å². The van der Waals surface area contributed by atoms with Crippen molar-refractivity contribution in [1.29, 1.82) is 0 Å². The van der Waals surface area contributed by atoms with E-state index in [1.54, 1.807) is 0 Å². The highest BCUT2D eigenvalue weighted by atomic mass is 16.2. The summed E-state index contributed by atoms with van der Waals surface area (Å²) in [5.41, 5.74) is 3.22. The second kappa shape index (κ2) is 6.68. The number of benzene rings is 1. The molecule has 3 fully saturated rings. The number of fused-ring (bicyclic) bond motifs is 2. The van der Waals surface area contributed by atoms with Gasteiger partial charge >= 0.3 is 0 Å². The van der Waals surface area contributed by atoms with Gasteiger partial charge in [-0.3, -0.25) is 9.69 Å². The molecule has 5 rings (SSSR count). The van der Waals surface area contributed by atoms with Gasteiger partial charge in [-0.1, -0.05) is 17.7 Å². The molecule has 0 radical (unpaired) electrons. The van der Waals surface area contributed by atoms with Crippen LogP contribution in [-0.4, -0.2) is 52.5 Å². The van der Waals surface area contributed by atoms with Gasteiger partial charge in [0.25, 0.3) is 0 Å². The second-order valence-electron chi connectivity index (χ2n) is 7.45. The fourth-order valence-electron chi connectivity index (χ4n) is 4.06. The van der Waals surface area contributed by atoms with E-state index < -0.39 is 0 Å². The number of amides is 1. The zero-order chi connectivity index (χ0) is 18.3. The van der Waals surface area contributed by atoms with E-state index in [9.17, 15) is 4.79 Å². The van der Waals surface area contributed by atoms with E-state index in [-0.39, 0.29) is 5.91 Å². The molecule has 4 heterocycles. The molecule has 0 aliphatic carbocycles. The lowest BCUT2D eigenvalue weighted by Gasteiger charge is -2.56. The number of carbonyl (C=O) groups excluding carboxylic acids is 1. The number of anilines is 2. The molecule has 2 unspecified atom stereocenters. The van der Waals surface area contributed by atoms with Crippen molar-refractivity contribution < 1.29 is 4.79 Å². The minimum Gasteiger partial charge on any atom is -0.353 e. The summed E-state index contributed by atoms with van der Waals surface area (Å²) in [6, 6.07) is 8.92. The monoisotopic (exact) mass is 351 g/mol. The van der Waals surface area contributed by atoms with Gasteiger partial charge in [0.2, 0.25) is 5.91 Å². The maximum Gasteiger partial charge on any atom is 0.238 e. The molecular formula is C20H25N5O. The first-order valence-corrected chi connectivity index (χ1v) is 9.17. The largest absolute Gasteiger partial charge is 0.353 e. The van der Waals surface area contributed by atoms with Crippen molar-refractivity contribution in [2.24, 2.45) is 0 Å². The standard InChI is InChI=1S/C20H25N5O/c1-13-4-5-18(14(2)8-13)23-20(26)12-25-16-9-17(25)11-24(10-16)19-6-7-21-15(3)22-19/h4-8,16-17H,9-12H2,1-3H3,(H,23,26). The average molecular weight is 351 g/mol. The first-order chi connectivity index (χ1) is 12.5. The van der Waals surface area contributed by atoms with Crippen molar-refractivity contribution in [2.75, 3.05) is 29.9 Å². The van der Waals surface area contributed by atoms with Gasteiger partial charge in [0, 0.05) is 37.1 Å². The van der Waals surface area contributed by atoms with Crippen LogP contribution >= 0.6 is 0 Å². The lowest BCUT2D eigenvalue weighted by atomic mass is 9.87. The summed E-state index contributed by atoms with van der Waals surface area (Å²) in [7, 11) is 0. The summed E-state index contributed by atoms with van der Waals surface area (Å²) in [6.45, 7) is 8.30. The van der Waals surface area contributed by atoms with Gasteiger partial charge in [0.1, 0.15) is 11.6 Å². The van der Waals surface area contributed by atoms with E-state index in [2.05, 4.69) is 38.1 Å². The zero-order valence-corrected chi connectivity index (χ0v) is 15.6. The van der Waals surface area contributed by atoms with E-state index in [1.807, 2.05) is 38.2 Å². The quantitative estimate of drug-likeness (QED) is 0.916. The molecular weight excluding hydrogens is 326 g/mol. The smallest absolute Gasteiger partial charge is 0.238 e. The van der Waals surface area contributed by atoms with Gasteiger partial charge in [-0.15, -0.1) is 0 Å². The minimum atomic E-state index is 0.0676. The van der Waals surface area contributed by atoms with Crippen LogP contribution in [0, 0.1) is 20.8 Å². The van der Waals surface area contributed by atoms with Crippen LogP contribution in [0.5, 0.6) is 0 Å². The lowest BCUT2D eigenvalue weighted by molar-refractivity contribution is -0.121. The van der Waals surface area contributed by atoms with Crippen LogP contribution in [-0.2, 0) is 4.79 Å². The Morgan fingerprint density at radius 2 is 1.96 bits per heavy atom. The molecule has 6 nitrogen and oxygen atoms in total. The van der Waals surface area contributed by atoms with Crippen LogP contribution in [0.4, 0.5) is 11.5 Å². The number of aromatic nitrogens is 2. The van der Waals surface area contributed by atoms with Gasteiger partial charge in [-0.2, -0.15) is 0 Å². The summed E-state index contributed by atoms with van der Waals surface area (Å²) in [5, 5.41) is 3.06. The summed E-state index contributed by atoms with van der Waals surface area (Å²) < 4.78 is 0. The molecule has 26 heavy (non-hydrogen) atoms. The summed E-state index contributed by atoms with van der Waals surface area (Å²) >= 11 is 0. The molecule has 1 aromatic carbocycles. The number of hydrogen-bond acceptors (Lipinski definition) is 5. The van der Waals surface area contributed by atoms with Gasteiger partial charge in [0.15, 0.2) is 0 Å². The van der Waals surface area contributed by atoms with Gasteiger partial charge < -0.3 is 10.2 Å². The number of piperazine rings is 1. The molecule has 0 spiro atoms. The number of aryl methyl sites for hydroxylation is 3. The number of rotatable bonds is 4. The molecule has 2 aromatic rings. The van der Waals surface area contributed by atoms with Crippen molar-refractivity contribution in [1.82, 2.24) is 14.9 Å². The Hall–Kier alpha value is -2.47. The molecule has 1 N–H and O–H groups in total. The maximum atomic E-state index is 12.5. The van der Waals surface area contributed by atoms with E-state index in [0.29, 0.717) is 18.6 Å². The highest BCUT2D eigenvalue weighted by Gasteiger charge is 2.45. The zero-order valence-electron chi connectivity index (χ0n) is 15.6. The molecule has 1 amide bonds. The molecule has 6 heteroatoms. The fraction of sp³-hybridized carbons (Fsp3) is 0.450. The van der Waals surface area contributed by atoms with E-state index in [1.165, 1.54) is 5.56 Å². The molecule has 3 aliphatic heterocycles. The predicted molar refractivity (Wildman–Crippen MR) is 102 cm³/mol. The summed E-state index contributed by atoms with van der Waals surface area (Å²) in [4.78, 5) is 25.8. The molecule has 3 aliphatic rings. The van der Waals surface area contributed by atoms with Gasteiger partial charge in [-0.05, 0) is 44.9 Å². The maximum absolute atomic E-state index is 12.5. The number of piperidine rings is 1. The molecule has 2 atom stereocenters. The van der Waals surface area contributed by atoms with Gasteiger partial charge in [0.05, 0.1) is 6.54 Å². The Bertz CT molecular complexity index is 825. The second-order valence-corrected chi connectivity index (χ2v) is 7.45. The number of nitrogens with one attached hydrogen (secondary N) is 1. The number of carbonyl (C=O) groups is 1. The Labute approximate surface area is 154 Å². The molecule has 0 saturated carbocycles. The first-order valence-electron chi connectivity index (χ1n) is 9.17. The first kappa shape index (κ1) is 17.0. The molecule has 2 bridgehead atoms. The van der Waals surface area contributed by atoms with E-state index in [4.69, 9.17) is 0 Å². The van der Waals surface area contributed by atoms with Gasteiger partial charge in [-0.25, -0.2) is 9.97 Å². The Kier molecular flexibility index (Phi) is 4.36. The van der Waals surface area contributed by atoms with Crippen LogP contribution in [0.15, 0.2) is 30.5 Å². The molecule has 1 aromatic heterocycles. The lowest BCUT2D eigenvalue weighted by Crippen LogP contribution is -2.69. The predicted octanol–water partition coefficient (Wildman–Crippen LogP) is 2.30. The summed E-state index contributed by atoms with van der Waals surface area (Å²) in [6.07, 6.45) is 2.98. The Morgan fingerprint density at radius 1 is 1.19 bits per heavy atom. The van der Waals surface area contributed by atoms with Crippen molar-refractivity contribution in [2.45, 2.75) is 39.3 Å². The normalized spacial score (nSPS) is 22.0. The third-order valence-electron chi connectivity index (χ3n) is 5.41. The number of hydrogen-bond donors (Lipinski definition) is 1. The van der Waals surface area contributed by atoms with E-state index in [0.717, 1.165) is 42.4 Å². The van der Waals surface area contributed by atoms with Crippen LogP contribution in [0.3, 0.4) is 0 Å². The summed E-state index contributed by atoms with van der Waals surface area (Å²) in [5.74, 6) is 1.86. The van der Waals surface area contributed by atoms with Crippen molar-refractivity contribution in [3.05, 3.63) is 47.4 Å². The van der Waals surface area contributed by atoms with Crippen LogP contribution in [0.25, 0.3) is 0 Å². The van der Waals surface area contributed by atoms with Crippen molar-refractivity contribution in [3.8, 4) is 0 Å². The fourth-order valence-corrected chi connectivity index (χ4v) is 4.06. The van der Waals surface area contributed by atoms with E-state index >= 15 is 0 Å². The van der Waals surface area contributed by atoms with Crippen LogP contribution in [0.1, 0.15) is 23.4 Å². The highest BCUT2D eigenvalue weighted by Crippen LogP contribution is 2.33. The van der Waals surface area contributed by atoms with Crippen LogP contribution < -0.4 is 10.2 Å².